The maximum atomic E-state index is 13.4. The highest BCUT2D eigenvalue weighted by atomic mass is 19.1. The molecular weight excluding hydrogens is 291 g/mol. The summed E-state index contributed by atoms with van der Waals surface area (Å²) in [7, 11) is 0. The summed E-state index contributed by atoms with van der Waals surface area (Å²) in [6.45, 7) is 4.08. The number of ether oxygens (including phenoxy) is 2. The van der Waals surface area contributed by atoms with Crippen LogP contribution in [0.1, 0.15) is 36.0 Å². The van der Waals surface area contributed by atoms with Crippen LogP contribution in [0.4, 0.5) is 4.39 Å². The van der Waals surface area contributed by atoms with Gasteiger partial charge < -0.3 is 14.6 Å². The predicted octanol–water partition coefficient (Wildman–Crippen LogP) is 3.19. The fourth-order valence-corrected chi connectivity index (χ4v) is 1.74. The summed E-state index contributed by atoms with van der Waals surface area (Å²) < 4.78 is 23.6. The van der Waals surface area contributed by atoms with E-state index in [2.05, 4.69) is 6.58 Å². The van der Waals surface area contributed by atoms with Crippen LogP contribution in [-0.2, 0) is 9.53 Å². The number of carbonyl (C=O) groups excluding carboxylic acids is 1. The zero-order valence-electron chi connectivity index (χ0n) is 12.2. The van der Waals surface area contributed by atoms with E-state index in [1.165, 1.54) is 12.1 Å². The molecule has 0 bridgehead atoms. The van der Waals surface area contributed by atoms with Crippen molar-refractivity contribution in [3.63, 3.8) is 0 Å². The number of benzene rings is 1. The quantitative estimate of drug-likeness (QED) is 0.408. The maximum Gasteiger partial charge on any atom is 0.338 e. The average Bonchev–Trinajstić information content (AvgIpc) is 2.49. The van der Waals surface area contributed by atoms with Gasteiger partial charge in [-0.05, 0) is 37.8 Å². The van der Waals surface area contributed by atoms with E-state index in [1.807, 2.05) is 0 Å². The lowest BCUT2D eigenvalue weighted by Gasteiger charge is -2.07. The summed E-state index contributed by atoms with van der Waals surface area (Å²) in [5, 5.41) is 8.71. The van der Waals surface area contributed by atoms with Gasteiger partial charge in [0, 0.05) is 12.1 Å². The highest BCUT2D eigenvalue weighted by Crippen LogP contribution is 2.17. The third-order valence-electron chi connectivity index (χ3n) is 2.89. The van der Waals surface area contributed by atoms with Crippen LogP contribution in [0.25, 0.3) is 0 Å². The van der Waals surface area contributed by atoms with Crippen molar-refractivity contribution in [1.82, 2.24) is 0 Å². The monoisotopic (exact) mass is 310 g/mol. The van der Waals surface area contributed by atoms with Crippen LogP contribution in [0.3, 0.4) is 0 Å². The standard InChI is InChI=1S/C16H19FO5/c1-2-15(18)22-10-6-4-3-5-9-21-12-7-8-13(16(19)20)14(17)11-12/h2,7-8,11H,1,3-6,9-10H2,(H,19,20). The van der Waals surface area contributed by atoms with Crippen LogP contribution in [0.5, 0.6) is 5.75 Å². The molecule has 0 spiro atoms. The van der Waals surface area contributed by atoms with Crippen molar-refractivity contribution in [3.8, 4) is 5.75 Å². The zero-order chi connectivity index (χ0) is 16.4. The number of hydrogen-bond acceptors (Lipinski definition) is 4. The lowest BCUT2D eigenvalue weighted by atomic mass is 10.2. The summed E-state index contributed by atoms with van der Waals surface area (Å²) in [5.74, 6) is -2.23. The minimum atomic E-state index is -1.30. The molecule has 1 aromatic carbocycles. The van der Waals surface area contributed by atoms with E-state index < -0.39 is 17.8 Å². The highest BCUT2D eigenvalue weighted by Gasteiger charge is 2.10. The SMILES string of the molecule is C=CC(=O)OCCCCCCOc1ccc(C(=O)O)c(F)c1. The van der Waals surface area contributed by atoms with Gasteiger partial charge in [0.1, 0.15) is 11.6 Å². The molecule has 0 aliphatic carbocycles. The summed E-state index contributed by atoms with van der Waals surface area (Å²) in [5.41, 5.74) is -0.374. The largest absolute Gasteiger partial charge is 0.493 e. The Hall–Kier alpha value is -2.37. The molecule has 0 aliphatic rings. The van der Waals surface area contributed by atoms with Gasteiger partial charge in [-0.25, -0.2) is 14.0 Å². The Morgan fingerprint density at radius 3 is 2.45 bits per heavy atom. The van der Waals surface area contributed by atoms with Crippen molar-refractivity contribution in [2.45, 2.75) is 25.7 Å². The Bertz CT molecular complexity index is 527. The zero-order valence-corrected chi connectivity index (χ0v) is 12.2. The third-order valence-corrected chi connectivity index (χ3v) is 2.89. The lowest BCUT2D eigenvalue weighted by Crippen LogP contribution is -2.03. The molecule has 1 rings (SSSR count). The number of aromatic carboxylic acids is 1. The van der Waals surface area contributed by atoms with Crippen molar-refractivity contribution >= 4 is 11.9 Å². The second-order valence-electron chi connectivity index (χ2n) is 4.58. The lowest BCUT2D eigenvalue weighted by molar-refractivity contribution is -0.137. The molecule has 0 saturated carbocycles. The normalized spacial score (nSPS) is 10.0. The van der Waals surface area contributed by atoms with E-state index in [9.17, 15) is 14.0 Å². The number of esters is 1. The topological polar surface area (TPSA) is 72.8 Å². The van der Waals surface area contributed by atoms with Gasteiger partial charge in [0.05, 0.1) is 18.8 Å². The van der Waals surface area contributed by atoms with E-state index in [1.54, 1.807) is 0 Å². The molecule has 0 fully saturated rings. The number of rotatable bonds is 10. The van der Waals surface area contributed by atoms with Crippen molar-refractivity contribution in [2.24, 2.45) is 0 Å². The van der Waals surface area contributed by atoms with Crippen LogP contribution in [0, 0.1) is 5.82 Å². The van der Waals surface area contributed by atoms with E-state index in [4.69, 9.17) is 14.6 Å². The number of carbonyl (C=O) groups is 2. The summed E-state index contributed by atoms with van der Waals surface area (Å²) in [6, 6.07) is 3.68. The number of carboxylic acid groups (broad SMARTS) is 1. The van der Waals surface area contributed by atoms with E-state index in [-0.39, 0.29) is 5.56 Å². The molecule has 0 aromatic heterocycles. The summed E-state index contributed by atoms with van der Waals surface area (Å²) in [6.07, 6.45) is 4.45. The first kappa shape index (κ1) is 17.7. The minimum absolute atomic E-state index is 0.308. The first-order chi connectivity index (χ1) is 10.5. The average molecular weight is 310 g/mol. The fourth-order valence-electron chi connectivity index (χ4n) is 1.74. The number of carboxylic acids is 1. The van der Waals surface area contributed by atoms with E-state index in [0.29, 0.717) is 19.0 Å². The van der Waals surface area contributed by atoms with E-state index >= 15 is 0 Å². The number of hydrogen-bond donors (Lipinski definition) is 1. The van der Waals surface area contributed by atoms with Gasteiger partial charge >= 0.3 is 11.9 Å². The molecule has 1 N–H and O–H groups in total. The molecule has 120 valence electrons. The first-order valence-electron chi connectivity index (χ1n) is 6.99. The van der Waals surface area contributed by atoms with Gasteiger partial charge in [-0.2, -0.15) is 0 Å². The van der Waals surface area contributed by atoms with Crippen molar-refractivity contribution < 1.29 is 28.6 Å². The van der Waals surface area contributed by atoms with E-state index in [0.717, 1.165) is 37.8 Å². The van der Waals surface area contributed by atoms with Gasteiger partial charge in [0.2, 0.25) is 0 Å². The molecule has 5 nitrogen and oxygen atoms in total. The van der Waals surface area contributed by atoms with Crippen LogP contribution >= 0.6 is 0 Å². The van der Waals surface area contributed by atoms with Gasteiger partial charge in [-0.1, -0.05) is 6.58 Å². The molecule has 0 saturated heterocycles. The Morgan fingerprint density at radius 2 is 1.86 bits per heavy atom. The van der Waals surface area contributed by atoms with Crippen molar-refractivity contribution in [3.05, 3.63) is 42.2 Å². The smallest absolute Gasteiger partial charge is 0.338 e. The Labute approximate surface area is 128 Å². The van der Waals surface area contributed by atoms with Crippen molar-refractivity contribution in [2.75, 3.05) is 13.2 Å². The summed E-state index contributed by atoms with van der Waals surface area (Å²) >= 11 is 0. The molecule has 0 heterocycles. The van der Waals surface area contributed by atoms with Crippen molar-refractivity contribution in [1.29, 1.82) is 0 Å². The van der Waals surface area contributed by atoms with Crippen LogP contribution in [-0.4, -0.2) is 30.3 Å². The Balaban J connectivity index is 2.15. The molecule has 0 radical (unpaired) electrons. The molecule has 0 aliphatic heterocycles. The molecule has 1 aromatic rings. The second-order valence-corrected chi connectivity index (χ2v) is 4.58. The van der Waals surface area contributed by atoms with Crippen LogP contribution in [0.2, 0.25) is 0 Å². The van der Waals surface area contributed by atoms with Gasteiger partial charge in [0.25, 0.3) is 0 Å². The summed E-state index contributed by atoms with van der Waals surface area (Å²) in [4.78, 5) is 21.4. The minimum Gasteiger partial charge on any atom is -0.493 e. The second kappa shape index (κ2) is 9.55. The number of unbranched alkanes of at least 4 members (excludes halogenated alkanes) is 3. The molecule has 0 amide bonds. The molecular formula is C16H19FO5. The predicted molar refractivity (Wildman–Crippen MR) is 78.5 cm³/mol. The van der Waals surface area contributed by atoms with Crippen LogP contribution < -0.4 is 4.74 Å². The maximum absolute atomic E-state index is 13.4. The van der Waals surface area contributed by atoms with Crippen LogP contribution in [0.15, 0.2) is 30.9 Å². The molecule has 6 heteroatoms. The third kappa shape index (κ3) is 6.39. The molecule has 22 heavy (non-hydrogen) atoms. The Kier molecular flexibility index (Phi) is 7.67. The van der Waals surface area contributed by atoms with Gasteiger partial charge in [0.15, 0.2) is 0 Å². The van der Waals surface area contributed by atoms with Gasteiger partial charge in [-0.15, -0.1) is 0 Å². The molecule has 0 atom stereocenters. The number of halogens is 1. The fraction of sp³-hybridized carbons (Fsp3) is 0.375. The molecule has 0 unspecified atom stereocenters. The Morgan fingerprint density at radius 1 is 1.18 bits per heavy atom. The first-order valence-corrected chi connectivity index (χ1v) is 6.99. The highest BCUT2D eigenvalue weighted by molar-refractivity contribution is 5.88. The van der Waals surface area contributed by atoms with Gasteiger partial charge in [-0.3, -0.25) is 0 Å².